The van der Waals surface area contributed by atoms with Gasteiger partial charge >= 0.3 is 136 Å². The predicted molar refractivity (Wildman–Crippen MR) is 84.9 cm³/mol. The zero-order valence-electron chi connectivity index (χ0n) is 11.9. The number of rotatable bonds is 1. The number of benzene rings is 3. The van der Waals surface area contributed by atoms with Gasteiger partial charge in [-0.15, -0.1) is 0 Å². The Kier molecular flexibility index (Phi) is 2.92. The molecular weight excluding hydrogens is 288 g/mol. The van der Waals surface area contributed by atoms with Gasteiger partial charge in [0.1, 0.15) is 0 Å². The van der Waals surface area contributed by atoms with Crippen molar-refractivity contribution in [3.8, 4) is 0 Å². The van der Waals surface area contributed by atoms with Gasteiger partial charge in [-0.25, -0.2) is 0 Å². The predicted octanol–water partition coefficient (Wildman–Crippen LogP) is 3.25. The van der Waals surface area contributed by atoms with Gasteiger partial charge in [-0.3, -0.25) is 0 Å². The Morgan fingerprint density at radius 1 is 0.810 bits per heavy atom. The quantitative estimate of drug-likeness (QED) is 0.605. The Hall–Kier alpha value is -1.63. The van der Waals surface area contributed by atoms with Crippen molar-refractivity contribution in [2.45, 2.75) is 12.3 Å². The molecular formula is C20H15Ti. The molecule has 0 radical (unpaired) electrons. The third kappa shape index (κ3) is 1.87. The van der Waals surface area contributed by atoms with E-state index in [9.17, 15) is 0 Å². The first-order valence-electron chi connectivity index (χ1n) is 7.23. The molecule has 0 fully saturated rings. The molecule has 3 aromatic rings. The minimum atomic E-state index is -0.0233. The van der Waals surface area contributed by atoms with Crippen molar-refractivity contribution in [2.24, 2.45) is 0 Å². The molecule has 0 N–H and O–H groups in total. The fraction of sp³-hybridized carbons (Fsp3) is 0.100. The summed E-state index contributed by atoms with van der Waals surface area (Å²) in [6.07, 6.45) is 2.42. The van der Waals surface area contributed by atoms with Gasteiger partial charge < -0.3 is 0 Å². The van der Waals surface area contributed by atoms with Crippen LogP contribution in [0.25, 0.3) is 20.7 Å². The molecule has 0 aromatic heterocycles. The number of hydrogen-bond acceptors (Lipinski definition) is 0. The second-order valence-corrected chi connectivity index (χ2v) is 6.62. The first-order valence-corrected chi connectivity index (χ1v) is 8.01. The molecule has 4 rings (SSSR count). The van der Waals surface area contributed by atoms with E-state index >= 15 is 0 Å². The van der Waals surface area contributed by atoms with Crippen molar-refractivity contribution in [1.29, 1.82) is 0 Å². The van der Waals surface area contributed by atoms with Crippen LogP contribution in [0.15, 0.2) is 66.7 Å². The SMILES string of the molecule is CC1(c2cccc3ccccc23)C=c2ccccc2=[C]1[Ti]. The summed E-state index contributed by atoms with van der Waals surface area (Å²) in [6, 6.07) is 24.0. The third-order valence-corrected chi connectivity index (χ3v) is 5.77. The second-order valence-electron chi connectivity index (χ2n) is 5.84. The molecule has 0 heterocycles. The van der Waals surface area contributed by atoms with Crippen LogP contribution in [0.1, 0.15) is 12.5 Å². The summed E-state index contributed by atoms with van der Waals surface area (Å²) in [6.45, 7) is 2.34. The first kappa shape index (κ1) is 13.1. The van der Waals surface area contributed by atoms with Gasteiger partial charge in [0, 0.05) is 0 Å². The van der Waals surface area contributed by atoms with Gasteiger partial charge in [0.05, 0.1) is 0 Å². The van der Waals surface area contributed by atoms with E-state index < -0.39 is 0 Å². The maximum absolute atomic E-state index is 2.42. The van der Waals surface area contributed by atoms with Crippen molar-refractivity contribution in [1.82, 2.24) is 0 Å². The number of fused-ring (bicyclic) bond motifs is 2. The Bertz CT molecular complexity index is 963. The van der Waals surface area contributed by atoms with Gasteiger partial charge in [-0.05, 0) is 0 Å². The van der Waals surface area contributed by atoms with Gasteiger partial charge in [-0.2, -0.15) is 0 Å². The summed E-state index contributed by atoms with van der Waals surface area (Å²) >= 11 is 2.27. The molecule has 0 saturated heterocycles. The standard InChI is InChI=1S/C20H15.Ti/c1-20(13-16-8-2-3-9-17(16)14-20)19-12-6-10-15-7-4-5-11-18(15)19;/h2-13H,1H3;. The van der Waals surface area contributed by atoms with Crippen LogP contribution in [0.2, 0.25) is 0 Å². The second kappa shape index (κ2) is 4.69. The van der Waals surface area contributed by atoms with Crippen molar-refractivity contribution in [3.63, 3.8) is 0 Å². The van der Waals surface area contributed by atoms with Crippen molar-refractivity contribution in [3.05, 3.63) is 82.7 Å². The van der Waals surface area contributed by atoms with Crippen molar-refractivity contribution < 1.29 is 20.4 Å². The summed E-state index contributed by atoms with van der Waals surface area (Å²) in [5.41, 5.74) is 1.37. The van der Waals surface area contributed by atoms with E-state index in [1.165, 1.54) is 30.7 Å². The molecule has 0 nitrogen and oxygen atoms in total. The van der Waals surface area contributed by atoms with Crippen LogP contribution < -0.4 is 10.4 Å². The Morgan fingerprint density at radius 2 is 1.52 bits per heavy atom. The number of hydrogen-bond donors (Lipinski definition) is 0. The van der Waals surface area contributed by atoms with E-state index in [2.05, 4.69) is 100 Å². The molecule has 1 aliphatic carbocycles. The maximum atomic E-state index is 2.42. The van der Waals surface area contributed by atoms with Crippen molar-refractivity contribution >= 4 is 20.7 Å². The third-order valence-electron chi connectivity index (χ3n) is 4.54. The van der Waals surface area contributed by atoms with E-state index in [0.717, 1.165) is 0 Å². The summed E-state index contributed by atoms with van der Waals surface area (Å²) < 4.78 is 1.44. The zero-order valence-corrected chi connectivity index (χ0v) is 13.5. The fourth-order valence-electron chi connectivity index (χ4n) is 3.40. The first-order chi connectivity index (χ1) is 10.2. The van der Waals surface area contributed by atoms with Crippen LogP contribution in [0.4, 0.5) is 0 Å². The van der Waals surface area contributed by atoms with Gasteiger partial charge in [0.15, 0.2) is 0 Å². The summed E-state index contributed by atoms with van der Waals surface area (Å²) in [5.74, 6) is 0. The van der Waals surface area contributed by atoms with E-state index in [-0.39, 0.29) is 5.41 Å². The summed E-state index contributed by atoms with van der Waals surface area (Å²) in [4.78, 5) is 0. The monoisotopic (exact) mass is 303 g/mol. The van der Waals surface area contributed by atoms with E-state index in [0.29, 0.717) is 0 Å². The van der Waals surface area contributed by atoms with Crippen LogP contribution in [0.3, 0.4) is 0 Å². The molecule has 1 heteroatoms. The summed E-state index contributed by atoms with van der Waals surface area (Å²) in [5, 5.41) is 5.40. The molecule has 0 amide bonds. The molecule has 21 heavy (non-hydrogen) atoms. The molecule has 1 aliphatic rings. The molecule has 99 valence electrons. The van der Waals surface area contributed by atoms with Gasteiger partial charge in [0.25, 0.3) is 0 Å². The topological polar surface area (TPSA) is 0 Å². The summed E-state index contributed by atoms with van der Waals surface area (Å²) in [7, 11) is 0. The van der Waals surface area contributed by atoms with Crippen LogP contribution in [0.5, 0.6) is 0 Å². The van der Waals surface area contributed by atoms with Crippen LogP contribution in [0, 0.1) is 0 Å². The van der Waals surface area contributed by atoms with Gasteiger partial charge in [-0.1, -0.05) is 0 Å². The molecule has 1 atom stereocenters. The molecule has 0 bridgehead atoms. The minimum absolute atomic E-state index is 0.0233. The molecule has 0 saturated carbocycles. The average molecular weight is 303 g/mol. The Morgan fingerprint density at radius 3 is 2.38 bits per heavy atom. The Balaban J connectivity index is 2.09. The molecule has 3 aromatic carbocycles. The van der Waals surface area contributed by atoms with Crippen LogP contribution in [-0.4, -0.2) is 0 Å². The van der Waals surface area contributed by atoms with Gasteiger partial charge in [0.2, 0.25) is 0 Å². The van der Waals surface area contributed by atoms with E-state index in [4.69, 9.17) is 0 Å². The van der Waals surface area contributed by atoms with E-state index in [1.807, 2.05) is 0 Å². The molecule has 1 unspecified atom stereocenters. The fourth-order valence-corrected chi connectivity index (χ4v) is 4.08. The van der Waals surface area contributed by atoms with E-state index in [1.54, 1.807) is 0 Å². The van der Waals surface area contributed by atoms with Crippen molar-refractivity contribution in [2.75, 3.05) is 0 Å². The molecule has 0 aliphatic heterocycles. The van der Waals surface area contributed by atoms with Crippen LogP contribution in [-0.2, 0) is 25.9 Å². The Labute approximate surface area is 136 Å². The zero-order chi connectivity index (χ0) is 14.4. The van der Waals surface area contributed by atoms with Crippen LogP contribution >= 0.6 is 0 Å². The average Bonchev–Trinajstić information content (AvgIpc) is 2.79. The molecule has 0 spiro atoms. The normalized spacial score (nSPS) is 20.3.